The molecule has 1 aliphatic heterocycles. The molecule has 0 aliphatic carbocycles. The normalized spacial score (nSPS) is 19.1. The summed E-state index contributed by atoms with van der Waals surface area (Å²) in [6.45, 7) is 2.53. The zero-order valence-corrected chi connectivity index (χ0v) is 17.0. The Morgan fingerprint density at radius 1 is 1.21 bits per heavy atom. The molecule has 2 amide bonds. The van der Waals surface area contributed by atoms with Crippen molar-refractivity contribution >= 4 is 22.2 Å². The summed E-state index contributed by atoms with van der Waals surface area (Å²) in [7, 11) is -8.51. The van der Waals surface area contributed by atoms with Crippen LogP contribution in [0.4, 0.5) is 24.2 Å². The van der Waals surface area contributed by atoms with Crippen molar-refractivity contribution in [2.75, 3.05) is 26.7 Å². The predicted octanol–water partition coefficient (Wildman–Crippen LogP) is 5.43. The summed E-state index contributed by atoms with van der Waals surface area (Å²) in [5, 5.41) is 2.48. The molecule has 1 aromatic rings. The molecule has 2 rings (SSSR count). The summed E-state index contributed by atoms with van der Waals surface area (Å²) in [6.07, 6.45) is 0.598. The van der Waals surface area contributed by atoms with Gasteiger partial charge in [-0.05, 0) is 42.9 Å². The van der Waals surface area contributed by atoms with Crippen LogP contribution in [-0.4, -0.2) is 43.6 Å². The number of hydrogen-bond donors (Lipinski definition) is 1. The maximum Gasteiger partial charge on any atom is 0.406 e. The Labute approximate surface area is 166 Å². The first-order valence-electron chi connectivity index (χ1n) is 9.19. The van der Waals surface area contributed by atoms with Gasteiger partial charge in [0, 0.05) is 19.6 Å². The molecule has 29 heavy (non-hydrogen) atoms. The van der Waals surface area contributed by atoms with E-state index >= 15 is 0 Å². The van der Waals surface area contributed by atoms with Gasteiger partial charge in [-0.3, -0.25) is 4.79 Å². The number of benzene rings is 1. The minimum atomic E-state index is -9.72. The van der Waals surface area contributed by atoms with E-state index in [-0.39, 0.29) is 23.9 Å². The van der Waals surface area contributed by atoms with Gasteiger partial charge in [0.2, 0.25) is 5.91 Å². The summed E-state index contributed by atoms with van der Waals surface area (Å²) in [5.41, 5.74) is 0.197. The molecule has 5 nitrogen and oxygen atoms in total. The molecule has 1 heterocycles. The van der Waals surface area contributed by atoms with E-state index in [1.807, 2.05) is 0 Å². The number of amides is 2. The van der Waals surface area contributed by atoms with Crippen LogP contribution in [0.1, 0.15) is 37.7 Å². The second-order valence-electron chi connectivity index (χ2n) is 7.12. The van der Waals surface area contributed by atoms with Gasteiger partial charge in [-0.2, -0.15) is 0 Å². The topological polar surface area (TPSA) is 58.6 Å². The lowest BCUT2D eigenvalue weighted by Crippen LogP contribution is -2.44. The Morgan fingerprint density at radius 3 is 2.34 bits per heavy atom. The molecule has 1 N–H and O–H groups in total. The molecule has 0 aromatic heterocycles. The average Bonchev–Trinajstić information content (AvgIpc) is 2.66. The van der Waals surface area contributed by atoms with Crippen molar-refractivity contribution in [1.29, 1.82) is 0 Å². The Kier molecular flexibility index (Phi) is 6.14. The smallest absolute Gasteiger partial charge is 0.406 e. The van der Waals surface area contributed by atoms with Crippen LogP contribution < -0.4 is 5.32 Å². The minimum absolute atomic E-state index is 0.119. The van der Waals surface area contributed by atoms with Crippen LogP contribution in [0.2, 0.25) is 0 Å². The number of carbonyl (C=O) groups is 2. The number of methoxy groups -OCH3 is 1. The second kappa shape index (κ2) is 7.66. The average molecular weight is 444 g/mol. The zero-order chi connectivity index (χ0) is 21.9. The van der Waals surface area contributed by atoms with Crippen molar-refractivity contribution in [2.24, 2.45) is 5.92 Å². The first kappa shape index (κ1) is 23.2. The van der Waals surface area contributed by atoms with Gasteiger partial charge in [-0.25, -0.2) is 4.79 Å². The van der Waals surface area contributed by atoms with Crippen molar-refractivity contribution in [2.45, 2.75) is 37.0 Å². The lowest BCUT2D eigenvalue weighted by atomic mass is 9.89. The number of hydrogen-bond acceptors (Lipinski definition) is 3. The molecule has 0 spiro atoms. The van der Waals surface area contributed by atoms with Gasteiger partial charge in [0.25, 0.3) is 0 Å². The van der Waals surface area contributed by atoms with Crippen molar-refractivity contribution < 1.29 is 33.8 Å². The molecular weight excluding hydrogens is 419 g/mol. The monoisotopic (exact) mass is 444 g/mol. The van der Waals surface area contributed by atoms with Gasteiger partial charge < -0.3 is 15.0 Å². The van der Waals surface area contributed by atoms with Gasteiger partial charge in [0.15, 0.2) is 0 Å². The number of halogens is 5. The number of alkyl carbamates (subject to hydrolysis) is 1. The Balaban J connectivity index is 2.02. The van der Waals surface area contributed by atoms with Crippen LogP contribution in [0.25, 0.3) is 0 Å². The fraction of sp³-hybridized carbons (Fsp3) is 0.556. The van der Waals surface area contributed by atoms with Gasteiger partial charge in [0.05, 0.1) is 13.0 Å². The molecule has 11 heteroatoms. The quantitative estimate of drug-likeness (QED) is 0.595. The van der Waals surface area contributed by atoms with E-state index in [1.54, 1.807) is 11.8 Å². The third-order valence-corrected chi connectivity index (χ3v) is 6.25. The SMILES string of the molecule is CCC(CNC(=O)OC)C(=O)N1CCC(c2cccc(S(F)(F)(F)(F)F)c2)CC1. The van der Waals surface area contributed by atoms with Gasteiger partial charge in [-0.15, -0.1) is 0 Å². The van der Waals surface area contributed by atoms with Crippen molar-refractivity contribution in [1.82, 2.24) is 10.2 Å². The Morgan fingerprint density at radius 2 is 1.83 bits per heavy atom. The fourth-order valence-electron chi connectivity index (χ4n) is 3.38. The van der Waals surface area contributed by atoms with Gasteiger partial charge in [-0.1, -0.05) is 38.5 Å². The molecule has 1 saturated heterocycles. The van der Waals surface area contributed by atoms with E-state index in [9.17, 15) is 29.0 Å². The molecule has 0 bridgehead atoms. The minimum Gasteiger partial charge on any atom is -0.453 e. The molecule has 1 atom stereocenters. The molecular formula is C18H25F5N2O3S. The lowest BCUT2D eigenvalue weighted by Gasteiger charge is -2.41. The second-order valence-corrected chi connectivity index (χ2v) is 9.53. The molecule has 166 valence electrons. The van der Waals surface area contributed by atoms with E-state index in [0.29, 0.717) is 44.5 Å². The third-order valence-electron chi connectivity index (χ3n) is 5.10. The molecule has 1 aliphatic rings. The van der Waals surface area contributed by atoms with Gasteiger partial charge >= 0.3 is 16.3 Å². The number of nitrogens with one attached hydrogen (secondary N) is 1. The van der Waals surface area contributed by atoms with E-state index in [1.165, 1.54) is 13.2 Å². The summed E-state index contributed by atoms with van der Waals surface area (Å²) in [4.78, 5) is 23.5. The number of piperidine rings is 1. The number of carbonyl (C=O) groups excluding carboxylic acids is 2. The van der Waals surface area contributed by atoms with Crippen LogP contribution >= 0.6 is 10.2 Å². The standard InChI is InChI=1S/C18H25F5N2O3S/c1-3-13(12-24-18(27)28-2)17(26)25-9-7-14(8-10-25)15-5-4-6-16(11-15)29(19,20,21,22)23/h4-6,11,13-14H,3,7-10,12H2,1-2H3,(H,24,27). The van der Waals surface area contributed by atoms with E-state index in [2.05, 4.69) is 10.1 Å². The van der Waals surface area contributed by atoms with E-state index in [4.69, 9.17) is 0 Å². The number of ether oxygens (including phenoxy) is 1. The van der Waals surface area contributed by atoms with Crippen molar-refractivity contribution in [3.05, 3.63) is 29.8 Å². The highest BCUT2D eigenvalue weighted by atomic mass is 32.5. The number of likely N-dealkylation sites (tertiary alicyclic amines) is 1. The zero-order valence-electron chi connectivity index (χ0n) is 16.2. The maximum atomic E-state index is 13.1. The highest BCUT2D eigenvalue weighted by Crippen LogP contribution is 3.02. The van der Waals surface area contributed by atoms with Crippen molar-refractivity contribution in [3.8, 4) is 0 Å². The van der Waals surface area contributed by atoms with Crippen molar-refractivity contribution in [3.63, 3.8) is 0 Å². The first-order valence-corrected chi connectivity index (χ1v) is 11.1. The third kappa shape index (κ3) is 6.22. The van der Waals surface area contributed by atoms with Gasteiger partial charge in [0.1, 0.15) is 4.90 Å². The number of nitrogens with zero attached hydrogens (tertiary/aromatic N) is 1. The fourth-order valence-corrected chi connectivity index (χ4v) is 4.08. The highest BCUT2D eigenvalue weighted by Gasteiger charge is 2.65. The number of rotatable bonds is 6. The molecule has 1 unspecified atom stereocenters. The van der Waals surface area contributed by atoms with E-state index < -0.39 is 27.1 Å². The summed E-state index contributed by atoms with van der Waals surface area (Å²) in [6, 6.07) is 3.32. The summed E-state index contributed by atoms with van der Waals surface area (Å²) >= 11 is 0. The van der Waals surface area contributed by atoms with Crippen LogP contribution in [-0.2, 0) is 9.53 Å². The largest absolute Gasteiger partial charge is 0.453 e. The molecule has 1 fully saturated rings. The van der Waals surface area contributed by atoms with E-state index in [0.717, 1.165) is 6.07 Å². The Bertz CT molecular complexity index is 765. The molecule has 0 radical (unpaired) electrons. The summed E-state index contributed by atoms with van der Waals surface area (Å²) in [5.74, 6) is -0.947. The lowest BCUT2D eigenvalue weighted by molar-refractivity contribution is -0.136. The van der Waals surface area contributed by atoms with Crippen LogP contribution in [0.5, 0.6) is 0 Å². The molecule has 1 aromatic carbocycles. The predicted molar refractivity (Wildman–Crippen MR) is 101 cm³/mol. The van der Waals surface area contributed by atoms with Crippen LogP contribution in [0.3, 0.4) is 0 Å². The highest BCUT2D eigenvalue weighted by molar-refractivity contribution is 8.45. The summed E-state index contributed by atoms with van der Waals surface area (Å²) < 4.78 is 69.7. The first-order chi connectivity index (χ1) is 13.2. The Hall–Kier alpha value is -2.04. The molecule has 0 saturated carbocycles. The maximum absolute atomic E-state index is 13.1. The van der Waals surface area contributed by atoms with Crippen LogP contribution in [0, 0.1) is 5.92 Å². The van der Waals surface area contributed by atoms with Crippen LogP contribution in [0.15, 0.2) is 29.2 Å².